The number of carbonyl (C=O) groups is 2. The zero-order valence-electron chi connectivity index (χ0n) is 17.1. The van der Waals surface area contributed by atoms with Gasteiger partial charge < -0.3 is 14.8 Å². The van der Waals surface area contributed by atoms with E-state index < -0.39 is 0 Å². The molecule has 2 atom stereocenters. The fourth-order valence-electron chi connectivity index (χ4n) is 3.97. The largest absolute Gasteiger partial charge is 0.349 e. The van der Waals surface area contributed by atoms with Crippen molar-refractivity contribution in [3.63, 3.8) is 0 Å². The first-order chi connectivity index (χ1) is 14.6. The van der Waals surface area contributed by atoms with E-state index in [4.69, 9.17) is 0 Å². The van der Waals surface area contributed by atoms with Crippen molar-refractivity contribution in [3.05, 3.63) is 84.4 Å². The number of aromatic nitrogens is 2. The lowest BCUT2D eigenvalue weighted by Gasteiger charge is -2.33. The fraction of sp³-hybridized carbons (Fsp3) is 0.292. The van der Waals surface area contributed by atoms with E-state index in [1.807, 2.05) is 72.3 Å². The Morgan fingerprint density at radius 2 is 1.93 bits per heavy atom. The van der Waals surface area contributed by atoms with Crippen LogP contribution in [0.3, 0.4) is 0 Å². The molecule has 0 unspecified atom stereocenters. The lowest BCUT2D eigenvalue weighted by Crippen LogP contribution is -2.46. The van der Waals surface area contributed by atoms with Crippen molar-refractivity contribution in [1.29, 1.82) is 0 Å². The number of hydrogen-bond acceptors (Lipinski definition) is 3. The Morgan fingerprint density at radius 1 is 1.10 bits per heavy atom. The third-order valence-corrected chi connectivity index (χ3v) is 5.63. The molecule has 1 aliphatic heterocycles. The molecule has 1 aromatic carbocycles. The summed E-state index contributed by atoms with van der Waals surface area (Å²) in [6.45, 7) is 3.08. The van der Waals surface area contributed by atoms with Crippen molar-refractivity contribution in [3.8, 4) is 5.69 Å². The van der Waals surface area contributed by atoms with Gasteiger partial charge in [0, 0.05) is 25.5 Å². The Kier molecular flexibility index (Phi) is 5.93. The van der Waals surface area contributed by atoms with Crippen LogP contribution in [-0.2, 0) is 4.79 Å². The van der Waals surface area contributed by atoms with E-state index in [1.54, 1.807) is 17.3 Å². The number of likely N-dealkylation sites (tertiary alicyclic amines) is 1. The number of rotatable bonds is 5. The minimum atomic E-state index is -0.198. The molecule has 0 saturated carbocycles. The van der Waals surface area contributed by atoms with E-state index in [-0.39, 0.29) is 23.8 Å². The maximum atomic E-state index is 13.2. The SMILES string of the molecule is C[C@@H](NC(=O)[C@@H]1CCCN(C(=O)c2cccn2-c2cccnc2)C1)c1ccccc1. The molecule has 4 rings (SSSR count). The summed E-state index contributed by atoms with van der Waals surface area (Å²) in [6.07, 6.45) is 6.91. The van der Waals surface area contributed by atoms with E-state index >= 15 is 0 Å². The molecule has 0 bridgehead atoms. The van der Waals surface area contributed by atoms with Crippen molar-refractivity contribution >= 4 is 11.8 Å². The van der Waals surface area contributed by atoms with E-state index in [9.17, 15) is 9.59 Å². The lowest BCUT2D eigenvalue weighted by atomic mass is 9.96. The van der Waals surface area contributed by atoms with Crippen molar-refractivity contribution in [2.24, 2.45) is 5.92 Å². The first-order valence-electron chi connectivity index (χ1n) is 10.4. The number of nitrogens with zero attached hydrogens (tertiary/aromatic N) is 3. The zero-order chi connectivity index (χ0) is 20.9. The average molecular weight is 402 g/mol. The maximum Gasteiger partial charge on any atom is 0.270 e. The molecule has 1 fully saturated rings. The molecule has 1 saturated heterocycles. The van der Waals surface area contributed by atoms with Crippen molar-refractivity contribution in [1.82, 2.24) is 19.8 Å². The van der Waals surface area contributed by atoms with Gasteiger partial charge in [0.05, 0.1) is 23.8 Å². The number of nitrogens with one attached hydrogen (secondary N) is 1. The average Bonchev–Trinajstić information content (AvgIpc) is 3.30. The molecule has 0 spiro atoms. The highest BCUT2D eigenvalue weighted by Crippen LogP contribution is 2.22. The van der Waals surface area contributed by atoms with Crippen molar-refractivity contribution < 1.29 is 9.59 Å². The molecule has 0 aliphatic carbocycles. The first-order valence-corrected chi connectivity index (χ1v) is 10.4. The van der Waals surface area contributed by atoms with Gasteiger partial charge in [0.1, 0.15) is 5.69 Å². The summed E-state index contributed by atoms with van der Waals surface area (Å²) in [4.78, 5) is 32.0. The van der Waals surface area contributed by atoms with E-state index in [0.717, 1.165) is 24.1 Å². The predicted molar refractivity (Wildman–Crippen MR) is 115 cm³/mol. The molecule has 3 heterocycles. The molecule has 2 aromatic heterocycles. The summed E-state index contributed by atoms with van der Waals surface area (Å²) < 4.78 is 1.84. The Balaban J connectivity index is 1.44. The molecule has 154 valence electrons. The van der Waals surface area contributed by atoms with Crippen LogP contribution in [0.1, 0.15) is 41.9 Å². The van der Waals surface area contributed by atoms with Gasteiger partial charge in [-0.25, -0.2) is 0 Å². The van der Waals surface area contributed by atoms with Gasteiger partial charge in [0.25, 0.3) is 5.91 Å². The third kappa shape index (κ3) is 4.27. The highest BCUT2D eigenvalue weighted by Gasteiger charge is 2.30. The fourth-order valence-corrected chi connectivity index (χ4v) is 3.97. The molecule has 1 N–H and O–H groups in total. The highest BCUT2D eigenvalue weighted by atomic mass is 16.2. The molecule has 2 amide bonds. The summed E-state index contributed by atoms with van der Waals surface area (Å²) >= 11 is 0. The Morgan fingerprint density at radius 3 is 2.70 bits per heavy atom. The van der Waals surface area contributed by atoms with Crippen LogP contribution >= 0.6 is 0 Å². The van der Waals surface area contributed by atoms with Crippen LogP contribution in [0.5, 0.6) is 0 Å². The molecule has 0 radical (unpaired) electrons. The first kappa shape index (κ1) is 19.9. The third-order valence-electron chi connectivity index (χ3n) is 5.63. The van der Waals surface area contributed by atoms with Crippen LogP contribution in [0.4, 0.5) is 0 Å². The van der Waals surface area contributed by atoms with Gasteiger partial charge in [0.15, 0.2) is 0 Å². The standard InChI is InChI=1S/C24H26N4O2/c1-18(19-8-3-2-4-9-19)26-23(29)20-10-6-14-27(17-20)24(30)22-12-7-15-28(22)21-11-5-13-25-16-21/h2-5,7-9,11-13,15-16,18,20H,6,10,14,17H2,1H3,(H,26,29)/t18-,20-/m1/s1. The molecule has 3 aromatic rings. The monoisotopic (exact) mass is 402 g/mol. The van der Waals surface area contributed by atoms with E-state index in [1.165, 1.54) is 0 Å². The Bertz CT molecular complexity index is 1000. The van der Waals surface area contributed by atoms with Gasteiger partial charge >= 0.3 is 0 Å². The van der Waals surface area contributed by atoms with Gasteiger partial charge in [-0.05, 0) is 49.6 Å². The smallest absolute Gasteiger partial charge is 0.270 e. The second-order valence-corrected chi connectivity index (χ2v) is 7.71. The predicted octanol–water partition coefficient (Wildman–Crippen LogP) is 3.60. The normalized spacial score (nSPS) is 17.4. The summed E-state index contributed by atoms with van der Waals surface area (Å²) in [5, 5.41) is 3.11. The molecule has 1 aliphatic rings. The van der Waals surface area contributed by atoms with Crippen LogP contribution in [0, 0.1) is 5.92 Å². The van der Waals surface area contributed by atoms with Gasteiger partial charge in [0.2, 0.25) is 5.91 Å². The number of pyridine rings is 1. The molecule has 6 nitrogen and oxygen atoms in total. The van der Waals surface area contributed by atoms with Gasteiger partial charge in [-0.15, -0.1) is 0 Å². The summed E-state index contributed by atoms with van der Waals surface area (Å²) in [6, 6.07) is 17.3. The van der Waals surface area contributed by atoms with Crippen LogP contribution in [0.15, 0.2) is 73.2 Å². The summed E-state index contributed by atoms with van der Waals surface area (Å²) in [5.74, 6) is -0.250. The van der Waals surface area contributed by atoms with Crippen molar-refractivity contribution in [2.75, 3.05) is 13.1 Å². The number of benzene rings is 1. The maximum absolute atomic E-state index is 13.2. The van der Waals surface area contributed by atoms with Gasteiger partial charge in [-0.2, -0.15) is 0 Å². The number of amides is 2. The number of piperidine rings is 1. The van der Waals surface area contributed by atoms with Crippen LogP contribution in [0.2, 0.25) is 0 Å². The van der Waals surface area contributed by atoms with Crippen LogP contribution in [0.25, 0.3) is 5.69 Å². The molecule has 30 heavy (non-hydrogen) atoms. The lowest BCUT2D eigenvalue weighted by molar-refractivity contribution is -0.127. The van der Waals surface area contributed by atoms with Gasteiger partial charge in [-0.1, -0.05) is 30.3 Å². The minimum Gasteiger partial charge on any atom is -0.349 e. The minimum absolute atomic E-state index is 0.00601. The van der Waals surface area contributed by atoms with Crippen LogP contribution in [-0.4, -0.2) is 39.4 Å². The Labute approximate surface area is 176 Å². The summed E-state index contributed by atoms with van der Waals surface area (Å²) in [5.41, 5.74) is 2.50. The number of hydrogen-bond donors (Lipinski definition) is 1. The molecule has 6 heteroatoms. The van der Waals surface area contributed by atoms with Crippen LogP contribution < -0.4 is 5.32 Å². The molecular formula is C24H26N4O2. The highest BCUT2D eigenvalue weighted by molar-refractivity contribution is 5.94. The van der Waals surface area contributed by atoms with E-state index in [0.29, 0.717) is 18.8 Å². The summed E-state index contributed by atoms with van der Waals surface area (Å²) in [7, 11) is 0. The quantitative estimate of drug-likeness (QED) is 0.709. The van der Waals surface area contributed by atoms with E-state index in [2.05, 4.69) is 10.3 Å². The zero-order valence-corrected chi connectivity index (χ0v) is 17.1. The Hall–Kier alpha value is -3.41. The second kappa shape index (κ2) is 8.95. The topological polar surface area (TPSA) is 67.2 Å². The number of carbonyl (C=O) groups excluding carboxylic acids is 2. The van der Waals surface area contributed by atoms with Gasteiger partial charge in [-0.3, -0.25) is 14.6 Å². The molecular weight excluding hydrogens is 376 g/mol. The second-order valence-electron chi connectivity index (χ2n) is 7.71. The van der Waals surface area contributed by atoms with Crippen molar-refractivity contribution in [2.45, 2.75) is 25.8 Å².